The molecule has 1 heterocycles. The largest absolute Gasteiger partial charge is 0.508 e. The SMILES string of the molecule is Cc1cc2c(cc1F)NCC(C(=O)Nc1cc(O)c(C(C)(C)C)cc1C(C)(C)C)O2. The van der Waals surface area contributed by atoms with Gasteiger partial charge in [0.05, 0.1) is 12.2 Å². The van der Waals surface area contributed by atoms with Crippen molar-refractivity contribution in [3.63, 3.8) is 0 Å². The Bertz CT molecular complexity index is 987. The van der Waals surface area contributed by atoms with Crippen LogP contribution in [-0.2, 0) is 15.6 Å². The fourth-order valence-electron chi connectivity index (χ4n) is 3.56. The Morgan fingerprint density at radius 3 is 2.33 bits per heavy atom. The fourth-order valence-corrected chi connectivity index (χ4v) is 3.56. The smallest absolute Gasteiger partial charge is 0.267 e. The van der Waals surface area contributed by atoms with Crippen LogP contribution >= 0.6 is 0 Å². The second-order valence-corrected chi connectivity index (χ2v) is 9.99. The van der Waals surface area contributed by atoms with Crippen LogP contribution in [0.5, 0.6) is 11.5 Å². The lowest BCUT2D eigenvalue weighted by atomic mass is 9.79. The molecule has 1 aliphatic rings. The summed E-state index contributed by atoms with van der Waals surface area (Å²) in [4.78, 5) is 13.0. The van der Waals surface area contributed by atoms with Crippen LogP contribution in [-0.4, -0.2) is 23.7 Å². The number of carbonyl (C=O) groups is 1. The van der Waals surface area contributed by atoms with Crippen LogP contribution in [0.2, 0.25) is 0 Å². The zero-order valence-corrected chi connectivity index (χ0v) is 18.7. The summed E-state index contributed by atoms with van der Waals surface area (Å²) in [5, 5.41) is 16.6. The van der Waals surface area contributed by atoms with Gasteiger partial charge < -0.3 is 20.5 Å². The summed E-state index contributed by atoms with van der Waals surface area (Å²) in [5.74, 6) is -0.0623. The summed E-state index contributed by atoms with van der Waals surface area (Å²) in [7, 11) is 0. The highest BCUT2D eigenvalue weighted by Gasteiger charge is 2.30. The average molecular weight is 415 g/mol. The molecule has 1 amide bonds. The van der Waals surface area contributed by atoms with E-state index in [4.69, 9.17) is 4.74 Å². The number of ether oxygens (including phenoxy) is 1. The summed E-state index contributed by atoms with van der Waals surface area (Å²) in [5.41, 5.74) is 2.82. The first-order valence-electron chi connectivity index (χ1n) is 10.2. The number of aromatic hydroxyl groups is 1. The summed E-state index contributed by atoms with van der Waals surface area (Å²) in [6.45, 7) is 14.2. The Hall–Kier alpha value is -2.76. The molecule has 5 nitrogen and oxygen atoms in total. The average Bonchev–Trinajstić information content (AvgIpc) is 2.60. The topological polar surface area (TPSA) is 70.6 Å². The van der Waals surface area contributed by atoms with E-state index in [1.807, 2.05) is 26.8 Å². The molecule has 0 bridgehead atoms. The molecule has 3 rings (SSSR count). The van der Waals surface area contributed by atoms with Gasteiger partial charge in [0.25, 0.3) is 5.91 Å². The molecule has 0 spiro atoms. The minimum absolute atomic E-state index is 0.143. The third-order valence-electron chi connectivity index (χ3n) is 5.31. The lowest BCUT2D eigenvalue weighted by molar-refractivity contribution is -0.122. The molecule has 30 heavy (non-hydrogen) atoms. The zero-order valence-electron chi connectivity index (χ0n) is 18.7. The molecular weight excluding hydrogens is 383 g/mol. The van der Waals surface area contributed by atoms with E-state index in [-0.39, 0.29) is 34.8 Å². The molecule has 1 aliphatic heterocycles. The van der Waals surface area contributed by atoms with Gasteiger partial charge in [-0.05, 0) is 46.6 Å². The number of hydrogen-bond acceptors (Lipinski definition) is 4. The first kappa shape index (κ1) is 21.9. The van der Waals surface area contributed by atoms with Crippen molar-refractivity contribution in [2.45, 2.75) is 65.4 Å². The Kier molecular flexibility index (Phi) is 5.48. The predicted molar refractivity (Wildman–Crippen MR) is 118 cm³/mol. The van der Waals surface area contributed by atoms with Crippen LogP contribution < -0.4 is 15.4 Å². The van der Waals surface area contributed by atoms with Gasteiger partial charge in [0.15, 0.2) is 6.10 Å². The maximum Gasteiger partial charge on any atom is 0.267 e. The van der Waals surface area contributed by atoms with Gasteiger partial charge in [0, 0.05) is 17.8 Å². The minimum Gasteiger partial charge on any atom is -0.508 e. The lowest BCUT2D eigenvalue weighted by Gasteiger charge is -2.30. The Morgan fingerprint density at radius 1 is 1.10 bits per heavy atom. The van der Waals surface area contributed by atoms with E-state index in [2.05, 4.69) is 31.4 Å². The predicted octanol–water partition coefficient (Wildman–Crippen LogP) is 5.25. The summed E-state index contributed by atoms with van der Waals surface area (Å²) >= 11 is 0. The Balaban J connectivity index is 1.89. The van der Waals surface area contributed by atoms with Gasteiger partial charge in [-0.25, -0.2) is 4.39 Å². The molecular formula is C24H31FN2O3. The monoisotopic (exact) mass is 414 g/mol. The van der Waals surface area contributed by atoms with Crippen molar-refractivity contribution in [3.05, 3.63) is 46.8 Å². The molecule has 2 aromatic carbocycles. The maximum atomic E-state index is 13.8. The number of hydrogen-bond donors (Lipinski definition) is 3. The van der Waals surface area contributed by atoms with Gasteiger partial charge in [-0.15, -0.1) is 0 Å². The highest BCUT2D eigenvalue weighted by atomic mass is 19.1. The third-order valence-corrected chi connectivity index (χ3v) is 5.31. The molecule has 0 saturated heterocycles. The first-order valence-corrected chi connectivity index (χ1v) is 10.2. The van der Waals surface area contributed by atoms with E-state index in [0.29, 0.717) is 22.7 Å². The highest BCUT2D eigenvalue weighted by Crippen LogP contribution is 2.40. The van der Waals surface area contributed by atoms with Crippen molar-refractivity contribution in [3.8, 4) is 11.5 Å². The fraction of sp³-hybridized carbons (Fsp3) is 0.458. The molecule has 0 aromatic heterocycles. The number of aryl methyl sites for hydroxylation is 1. The summed E-state index contributed by atoms with van der Waals surface area (Å²) in [6, 6.07) is 6.54. The minimum atomic E-state index is -0.778. The first-order chi connectivity index (χ1) is 13.8. The van der Waals surface area contributed by atoms with Crippen molar-refractivity contribution in [1.29, 1.82) is 0 Å². The molecule has 2 aromatic rings. The number of anilines is 2. The molecule has 3 N–H and O–H groups in total. The van der Waals surface area contributed by atoms with Gasteiger partial charge in [-0.3, -0.25) is 4.79 Å². The number of benzene rings is 2. The van der Waals surface area contributed by atoms with Crippen molar-refractivity contribution >= 4 is 17.3 Å². The van der Waals surface area contributed by atoms with Crippen LogP contribution in [0, 0.1) is 12.7 Å². The van der Waals surface area contributed by atoms with Crippen molar-refractivity contribution in [1.82, 2.24) is 0 Å². The van der Waals surface area contributed by atoms with Crippen LogP contribution in [0.15, 0.2) is 24.3 Å². The van der Waals surface area contributed by atoms with E-state index < -0.39 is 6.10 Å². The molecule has 162 valence electrons. The van der Waals surface area contributed by atoms with Gasteiger partial charge >= 0.3 is 0 Å². The summed E-state index contributed by atoms with van der Waals surface area (Å²) < 4.78 is 19.6. The van der Waals surface area contributed by atoms with Crippen LogP contribution in [0.25, 0.3) is 0 Å². The molecule has 1 atom stereocenters. The number of carbonyl (C=O) groups excluding carboxylic acids is 1. The number of phenols is 1. The van der Waals surface area contributed by atoms with Crippen molar-refractivity contribution in [2.75, 3.05) is 17.2 Å². The van der Waals surface area contributed by atoms with E-state index in [1.165, 1.54) is 6.07 Å². The second-order valence-electron chi connectivity index (χ2n) is 9.99. The molecule has 0 radical (unpaired) electrons. The number of halogens is 1. The van der Waals surface area contributed by atoms with E-state index >= 15 is 0 Å². The number of phenolic OH excluding ortho intramolecular Hbond substituents is 1. The van der Waals surface area contributed by atoms with Crippen LogP contribution in [0.3, 0.4) is 0 Å². The highest BCUT2D eigenvalue weighted by molar-refractivity contribution is 5.96. The summed E-state index contributed by atoms with van der Waals surface area (Å²) in [6.07, 6.45) is -0.778. The van der Waals surface area contributed by atoms with Crippen LogP contribution in [0.1, 0.15) is 58.2 Å². The lowest BCUT2D eigenvalue weighted by Crippen LogP contribution is -2.41. The molecule has 6 heteroatoms. The second kappa shape index (κ2) is 7.49. The normalized spacial score (nSPS) is 16.3. The van der Waals surface area contributed by atoms with Crippen LogP contribution in [0.4, 0.5) is 15.8 Å². The molecule has 1 unspecified atom stereocenters. The molecule has 0 fully saturated rings. The molecule has 0 aliphatic carbocycles. The van der Waals surface area contributed by atoms with Gasteiger partial charge in [0.2, 0.25) is 0 Å². The molecule has 0 saturated carbocycles. The standard InChI is InChI=1S/C24H31FN2O3/c1-13-8-20-18(10-16(13)25)26-12-21(30-20)22(29)27-17-11-19(28)15(24(5,6)7)9-14(17)23(2,3)4/h8-11,21,26,28H,12H2,1-7H3,(H,27,29). The quantitative estimate of drug-likeness (QED) is 0.628. The van der Waals surface area contributed by atoms with E-state index in [0.717, 1.165) is 11.1 Å². The third kappa shape index (κ3) is 4.37. The van der Waals surface area contributed by atoms with Gasteiger partial charge in [-0.1, -0.05) is 41.5 Å². The number of fused-ring (bicyclic) bond motifs is 1. The maximum absolute atomic E-state index is 13.8. The number of nitrogens with one attached hydrogen (secondary N) is 2. The van der Waals surface area contributed by atoms with Gasteiger partial charge in [-0.2, -0.15) is 0 Å². The number of rotatable bonds is 2. The van der Waals surface area contributed by atoms with Gasteiger partial charge in [0.1, 0.15) is 17.3 Å². The van der Waals surface area contributed by atoms with E-state index in [9.17, 15) is 14.3 Å². The zero-order chi connectivity index (χ0) is 22.4. The Morgan fingerprint density at radius 2 is 1.73 bits per heavy atom. The Labute approximate surface area is 177 Å². The van der Waals surface area contributed by atoms with E-state index in [1.54, 1.807) is 19.1 Å². The van der Waals surface area contributed by atoms with Crippen molar-refractivity contribution in [2.24, 2.45) is 0 Å². The number of amides is 1. The van der Waals surface area contributed by atoms with Crippen molar-refractivity contribution < 1.29 is 19.0 Å².